The summed E-state index contributed by atoms with van der Waals surface area (Å²) in [6.45, 7) is 1.79. The number of carbonyl (C=O) groups is 1. The van der Waals surface area contributed by atoms with E-state index in [0.29, 0.717) is 25.5 Å². The van der Waals surface area contributed by atoms with Crippen molar-refractivity contribution in [1.29, 1.82) is 0 Å². The number of benzene rings is 1. The maximum absolute atomic E-state index is 11.3. The SMILES string of the molecule is O=C(O)c1cccnc1N1CCOC(c2ccccc2)C1. The number of hydrogen-bond donors (Lipinski definition) is 1. The number of ether oxygens (including phenoxy) is 1. The minimum absolute atomic E-state index is 0.0661. The normalized spacial score (nSPS) is 18.5. The molecule has 0 radical (unpaired) electrons. The summed E-state index contributed by atoms with van der Waals surface area (Å²) in [6.07, 6.45) is 1.55. The molecule has 1 aromatic carbocycles. The lowest BCUT2D eigenvalue weighted by Gasteiger charge is -2.34. The number of rotatable bonds is 3. The van der Waals surface area contributed by atoms with Gasteiger partial charge in [-0.15, -0.1) is 0 Å². The lowest BCUT2D eigenvalue weighted by atomic mass is 10.1. The van der Waals surface area contributed by atoms with Gasteiger partial charge in [-0.2, -0.15) is 0 Å². The molecule has 5 heteroatoms. The molecule has 0 aliphatic carbocycles. The van der Waals surface area contributed by atoms with Gasteiger partial charge in [0.1, 0.15) is 17.5 Å². The quantitative estimate of drug-likeness (QED) is 0.937. The maximum Gasteiger partial charge on any atom is 0.339 e. The minimum atomic E-state index is -0.958. The summed E-state index contributed by atoms with van der Waals surface area (Å²) in [7, 11) is 0. The number of pyridine rings is 1. The van der Waals surface area contributed by atoms with Crippen LogP contribution in [0.3, 0.4) is 0 Å². The number of nitrogens with zero attached hydrogens (tertiary/aromatic N) is 2. The number of anilines is 1. The van der Waals surface area contributed by atoms with Crippen molar-refractivity contribution in [3.63, 3.8) is 0 Å². The van der Waals surface area contributed by atoms with Gasteiger partial charge in [0.15, 0.2) is 0 Å². The van der Waals surface area contributed by atoms with Gasteiger partial charge < -0.3 is 14.7 Å². The Hall–Kier alpha value is -2.40. The Labute approximate surface area is 122 Å². The third kappa shape index (κ3) is 2.87. The second kappa shape index (κ2) is 5.93. The van der Waals surface area contributed by atoms with Crippen LogP contribution in [0.1, 0.15) is 22.0 Å². The standard InChI is InChI=1S/C16H16N2O3/c19-16(20)13-7-4-8-17-15(13)18-9-10-21-14(11-18)12-5-2-1-3-6-12/h1-8,14H,9-11H2,(H,19,20). The number of aromatic carboxylic acids is 1. The van der Waals surface area contributed by atoms with Crippen LogP contribution in [0.5, 0.6) is 0 Å². The molecule has 2 heterocycles. The summed E-state index contributed by atoms with van der Waals surface area (Å²) in [6, 6.07) is 13.2. The molecule has 0 amide bonds. The first-order chi connectivity index (χ1) is 10.3. The van der Waals surface area contributed by atoms with Gasteiger partial charge in [-0.25, -0.2) is 9.78 Å². The Balaban J connectivity index is 1.85. The van der Waals surface area contributed by atoms with Crippen molar-refractivity contribution in [2.75, 3.05) is 24.6 Å². The molecule has 2 aromatic rings. The molecule has 5 nitrogen and oxygen atoms in total. The van der Waals surface area contributed by atoms with Crippen LogP contribution in [-0.4, -0.2) is 35.8 Å². The fourth-order valence-corrected chi connectivity index (χ4v) is 2.53. The van der Waals surface area contributed by atoms with E-state index >= 15 is 0 Å². The molecule has 108 valence electrons. The van der Waals surface area contributed by atoms with Gasteiger partial charge in [-0.05, 0) is 17.7 Å². The highest BCUT2D eigenvalue weighted by Gasteiger charge is 2.25. The van der Waals surface area contributed by atoms with Gasteiger partial charge in [0.25, 0.3) is 0 Å². The van der Waals surface area contributed by atoms with Gasteiger partial charge in [0.2, 0.25) is 0 Å². The summed E-state index contributed by atoms with van der Waals surface area (Å²) in [5.74, 6) is -0.449. The van der Waals surface area contributed by atoms with Crippen LogP contribution in [0.4, 0.5) is 5.82 Å². The van der Waals surface area contributed by atoms with E-state index < -0.39 is 5.97 Å². The molecule has 0 spiro atoms. The molecule has 1 aliphatic rings. The molecule has 1 unspecified atom stereocenters. The largest absolute Gasteiger partial charge is 0.478 e. The monoisotopic (exact) mass is 284 g/mol. The Morgan fingerprint density at radius 2 is 2.05 bits per heavy atom. The third-order valence-electron chi connectivity index (χ3n) is 3.55. The number of hydrogen-bond acceptors (Lipinski definition) is 4. The van der Waals surface area contributed by atoms with Gasteiger partial charge in [0.05, 0.1) is 6.61 Å². The van der Waals surface area contributed by atoms with Crippen LogP contribution in [0.25, 0.3) is 0 Å². The Bertz CT molecular complexity index is 630. The summed E-state index contributed by atoms with van der Waals surface area (Å²) >= 11 is 0. The molecule has 1 saturated heterocycles. The number of carboxylic acid groups (broad SMARTS) is 1. The smallest absolute Gasteiger partial charge is 0.339 e. The molecule has 1 fully saturated rings. The number of aromatic nitrogens is 1. The molecule has 21 heavy (non-hydrogen) atoms. The zero-order valence-corrected chi connectivity index (χ0v) is 11.5. The van der Waals surface area contributed by atoms with Crippen molar-refractivity contribution in [3.05, 3.63) is 59.8 Å². The summed E-state index contributed by atoms with van der Waals surface area (Å²) in [5, 5.41) is 9.28. The molecule has 1 aliphatic heterocycles. The predicted octanol–water partition coefficient (Wildman–Crippen LogP) is 2.36. The zero-order chi connectivity index (χ0) is 14.7. The molecule has 0 bridgehead atoms. The average Bonchev–Trinajstić information content (AvgIpc) is 2.56. The topological polar surface area (TPSA) is 62.7 Å². The van der Waals surface area contributed by atoms with E-state index in [2.05, 4.69) is 4.98 Å². The molecule has 1 aromatic heterocycles. The molecule has 0 saturated carbocycles. The van der Waals surface area contributed by atoms with E-state index in [1.807, 2.05) is 35.2 Å². The molecule has 1 atom stereocenters. The highest BCUT2D eigenvalue weighted by molar-refractivity contribution is 5.93. The van der Waals surface area contributed by atoms with Crippen LogP contribution in [0.15, 0.2) is 48.7 Å². The first-order valence-corrected chi connectivity index (χ1v) is 6.85. The van der Waals surface area contributed by atoms with Crippen molar-refractivity contribution in [2.45, 2.75) is 6.10 Å². The van der Waals surface area contributed by atoms with Crippen LogP contribution < -0.4 is 4.90 Å². The van der Waals surface area contributed by atoms with Crippen molar-refractivity contribution >= 4 is 11.8 Å². The van der Waals surface area contributed by atoms with E-state index in [-0.39, 0.29) is 11.7 Å². The van der Waals surface area contributed by atoms with Gasteiger partial charge in [-0.3, -0.25) is 0 Å². The van der Waals surface area contributed by atoms with E-state index in [1.165, 1.54) is 0 Å². The first kappa shape index (κ1) is 13.6. The third-order valence-corrected chi connectivity index (χ3v) is 3.55. The predicted molar refractivity (Wildman–Crippen MR) is 78.5 cm³/mol. The van der Waals surface area contributed by atoms with E-state index in [0.717, 1.165) is 5.56 Å². The summed E-state index contributed by atoms with van der Waals surface area (Å²) in [5.41, 5.74) is 1.32. The second-order valence-corrected chi connectivity index (χ2v) is 4.90. The van der Waals surface area contributed by atoms with Crippen molar-refractivity contribution in [1.82, 2.24) is 4.98 Å². The molecule has 3 rings (SSSR count). The highest BCUT2D eigenvalue weighted by Crippen LogP contribution is 2.26. The van der Waals surface area contributed by atoms with E-state index in [1.54, 1.807) is 18.3 Å². The van der Waals surface area contributed by atoms with E-state index in [4.69, 9.17) is 4.74 Å². The minimum Gasteiger partial charge on any atom is -0.478 e. The summed E-state index contributed by atoms with van der Waals surface area (Å²) in [4.78, 5) is 17.5. The lowest BCUT2D eigenvalue weighted by molar-refractivity contribution is 0.0393. The van der Waals surface area contributed by atoms with Crippen molar-refractivity contribution in [3.8, 4) is 0 Å². The Kier molecular flexibility index (Phi) is 3.83. The fourth-order valence-electron chi connectivity index (χ4n) is 2.53. The van der Waals surface area contributed by atoms with Crippen LogP contribution >= 0.6 is 0 Å². The fraction of sp³-hybridized carbons (Fsp3) is 0.250. The average molecular weight is 284 g/mol. The van der Waals surface area contributed by atoms with Crippen molar-refractivity contribution < 1.29 is 14.6 Å². The summed E-state index contributed by atoms with van der Waals surface area (Å²) < 4.78 is 5.80. The highest BCUT2D eigenvalue weighted by atomic mass is 16.5. The van der Waals surface area contributed by atoms with E-state index in [9.17, 15) is 9.90 Å². The number of morpholine rings is 1. The van der Waals surface area contributed by atoms with Crippen molar-refractivity contribution in [2.24, 2.45) is 0 Å². The van der Waals surface area contributed by atoms with Crippen LogP contribution in [0, 0.1) is 0 Å². The van der Waals surface area contributed by atoms with Crippen LogP contribution in [0.2, 0.25) is 0 Å². The Morgan fingerprint density at radius 1 is 1.24 bits per heavy atom. The molecule has 1 N–H and O–H groups in total. The first-order valence-electron chi connectivity index (χ1n) is 6.85. The Morgan fingerprint density at radius 3 is 2.81 bits per heavy atom. The van der Waals surface area contributed by atoms with Gasteiger partial charge in [0, 0.05) is 19.3 Å². The zero-order valence-electron chi connectivity index (χ0n) is 11.5. The van der Waals surface area contributed by atoms with Gasteiger partial charge in [-0.1, -0.05) is 30.3 Å². The number of carboxylic acids is 1. The van der Waals surface area contributed by atoms with Crippen LogP contribution in [-0.2, 0) is 4.74 Å². The second-order valence-electron chi connectivity index (χ2n) is 4.90. The van der Waals surface area contributed by atoms with Gasteiger partial charge >= 0.3 is 5.97 Å². The lowest BCUT2D eigenvalue weighted by Crippen LogP contribution is -2.39. The molecular formula is C16H16N2O3. The molecular weight excluding hydrogens is 268 g/mol. The maximum atomic E-state index is 11.3.